The second-order valence-corrected chi connectivity index (χ2v) is 33.9. The number of benzene rings is 7. The quantitative estimate of drug-likeness (QED) is 0.0149. The highest BCUT2D eigenvalue weighted by Gasteiger charge is 2.22. The average molecular weight is 1840 g/mol. The number of aliphatic carboxylic acids is 3. The van der Waals surface area contributed by atoms with Crippen LogP contribution in [-0.2, 0) is 77.0 Å². The Hall–Kier alpha value is -15.6. The van der Waals surface area contributed by atoms with Crippen molar-refractivity contribution >= 4 is 126 Å². The zero-order valence-corrected chi connectivity index (χ0v) is 77.7. The topological polar surface area (TPSA) is 330 Å². The molecule has 0 aliphatic heterocycles. The lowest BCUT2D eigenvalue weighted by molar-refractivity contribution is -0.137. The fraction of sp³-hybridized carbons (Fsp3) is 0.168. The summed E-state index contributed by atoms with van der Waals surface area (Å²) >= 11 is 6.14. The third-order valence-corrected chi connectivity index (χ3v) is 24.0. The van der Waals surface area contributed by atoms with E-state index in [1.54, 1.807) is 52.2 Å². The van der Waals surface area contributed by atoms with Gasteiger partial charge in [0, 0.05) is 124 Å². The van der Waals surface area contributed by atoms with E-state index in [1.165, 1.54) is 23.5 Å². The zero-order valence-electron chi connectivity index (χ0n) is 74.4. The summed E-state index contributed by atoms with van der Waals surface area (Å²) in [4.78, 5) is 97.9. The lowest BCUT2D eigenvalue weighted by atomic mass is 10.1. The lowest BCUT2D eigenvalue weighted by Crippen LogP contribution is -2.09. The highest BCUT2D eigenvalue weighted by molar-refractivity contribution is 7.19. The van der Waals surface area contributed by atoms with Crippen LogP contribution in [0.25, 0.3) is 42.8 Å². The predicted molar refractivity (Wildman–Crippen MR) is 537 cm³/mol. The van der Waals surface area contributed by atoms with Gasteiger partial charge in [0.05, 0.1) is 49.3 Å². The van der Waals surface area contributed by atoms with Crippen molar-refractivity contribution in [3.8, 4) is 78.3 Å². The average Bonchev–Trinajstić information content (AvgIpc) is 1.80. The van der Waals surface area contributed by atoms with Crippen molar-refractivity contribution in [1.29, 1.82) is 0 Å². The molecule has 0 atom stereocenters. The molecule has 0 saturated carbocycles. The van der Waals surface area contributed by atoms with Gasteiger partial charge in [-0.3, -0.25) is 19.2 Å². The normalized spacial score (nSPS) is 10.4. The van der Waals surface area contributed by atoms with Gasteiger partial charge in [-0.05, 0) is 203 Å². The maximum absolute atomic E-state index is 11.9. The summed E-state index contributed by atoms with van der Waals surface area (Å²) in [6.07, 6.45) is 9.31. The van der Waals surface area contributed by atoms with Crippen LogP contribution in [0.2, 0.25) is 0 Å². The summed E-state index contributed by atoms with van der Waals surface area (Å²) in [6.45, 7) is 21.9. The van der Waals surface area contributed by atoms with Gasteiger partial charge in [-0.2, -0.15) is 0 Å². The van der Waals surface area contributed by atoms with Crippen LogP contribution < -0.4 is 26.6 Å². The molecule has 0 spiro atoms. The highest BCUT2D eigenvalue weighted by Crippen LogP contribution is 2.37. The molecule has 15 rings (SSSR count). The van der Waals surface area contributed by atoms with Crippen molar-refractivity contribution in [2.45, 2.75) is 119 Å². The first kappa shape index (κ1) is 96.5. The first-order valence-corrected chi connectivity index (χ1v) is 46.5. The molecule has 7 aromatic carbocycles. The van der Waals surface area contributed by atoms with E-state index in [0.717, 1.165) is 192 Å². The molecule has 22 nitrogen and oxygen atoms in total. The third-order valence-electron chi connectivity index (χ3n) is 20.2. The fourth-order valence-corrected chi connectivity index (χ4v) is 16.8. The van der Waals surface area contributed by atoms with Crippen molar-refractivity contribution < 1.29 is 44.4 Å². The number of carboxylic acid groups (broad SMARTS) is 4. The van der Waals surface area contributed by atoms with Crippen LogP contribution in [0.5, 0.6) is 0 Å². The van der Waals surface area contributed by atoms with Crippen molar-refractivity contribution in [2.24, 2.45) is 0 Å². The molecule has 26 heteroatoms. The van der Waals surface area contributed by atoms with E-state index >= 15 is 0 Å². The Labute approximate surface area is 789 Å². The second kappa shape index (κ2) is 48.1. The summed E-state index contributed by atoms with van der Waals surface area (Å²) < 4.78 is 0. The van der Waals surface area contributed by atoms with Gasteiger partial charge in [0.15, 0.2) is 23.3 Å². The molecule has 0 saturated heterocycles. The molecule has 9 N–H and O–H groups in total. The van der Waals surface area contributed by atoms with Gasteiger partial charge in [0.1, 0.15) is 23.3 Å². The molecule has 133 heavy (non-hydrogen) atoms. The Kier molecular flexibility index (Phi) is 34.9. The highest BCUT2D eigenvalue weighted by atomic mass is 32.1. The number of thiophene rings is 4. The number of aryl methyl sites for hydroxylation is 4. The van der Waals surface area contributed by atoms with Crippen LogP contribution in [0, 0.1) is 49.4 Å². The fourth-order valence-electron chi connectivity index (χ4n) is 13.6. The number of allylic oxidation sites excluding steroid dienone is 2. The second-order valence-electron chi connectivity index (χ2n) is 30.1. The molecule has 0 aliphatic rings. The number of amides is 1. The standard InChI is InChI=1S/C29H25N3O2S.C28H25N3O2S.C27H23N3O2S.C23H24N4O3S/c1-3-8-24-25(4-2)31-29(26-17-22(19-35-26)12-11-20-9-6-5-7-10-20)32-28(24)30-23-15-13-21(14-16-23)18-27(33)34;1-3-23-24(4-2)30-28(25-16-21(18-34-25)11-10-19-8-6-5-7-9-19)31-27(23)29-22-14-12-20(13-15-22)17-26(32)33;1-3-23-18(2)28-27(24-15-21(17-33-24)10-9-19-7-5-4-6-8-19)30-26(23)29-22-13-11-20(12-14-22)16-25(31)32;1-4-6-17-14(3)24-22(18-12-13-20(31-18)26-19(28)7-5-2)27-21(17)25-16-10-8-15(9-11-16)23(29)30/h3,5-7,9-10,13-17,19H,1,4,8,18H2,2H3,(H,33,34)(H,30,31,32);5-9,12-16,18H,3-4,17H2,1-2H3,(H,32,33)(H,29,30,31);4-8,11-15,17H,3,16H2,1-2H3,(H,31,32)(H,28,29,30);4,8-13H,1,5-7H2,2-3H3,(H,26,28)(H,29,30)(H,24,25,27). The SMILES string of the molecule is C=CCc1c(C)nc(-c2ccc(NC(=O)CCC)s2)nc1Nc1ccc(C(=O)O)cc1.C=CCc1c(CC)nc(-c2cc(C#Cc3ccccc3)cs2)nc1Nc1ccc(CC(=O)O)cc1.CCc1c(C)nc(-c2cc(C#Cc3ccccc3)cs2)nc1Nc1ccc(CC(=O)O)cc1.CCc1nc(-c2cc(C#Cc3ccccc3)cs2)nc(Nc2ccc(CC(=O)O)cc2)c1CC. The van der Waals surface area contributed by atoms with Crippen molar-refractivity contribution in [3.05, 3.63) is 361 Å². The third kappa shape index (κ3) is 28.2. The monoisotopic (exact) mass is 1840 g/mol. The van der Waals surface area contributed by atoms with Gasteiger partial charge in [0.25, 0.3) is 0 Å². The molecule has 8 heterocycles. The minimum Gasteiger partial charge on any atom is -0.481 e. The number of aromatic nitrogens is 8. The van der Waals surface area contributed by atoms with Crippen LogP contribution in [0.3, 0.4) is 0 Å². The minimum absolute atomic E-state index is 0.00509. The number of rotatable bonds is 30. The van der Waals surface area contributed by atoms with Crippen molar-refractivity contribution in [3.63, 3.8) is 0 Å². The van der Waals surface area contributed by atoms with Crippen LogP contribution >= 0.6 is 45.3 Å². The smallest absolute Gasteiger partial charge is 0.335 e. The molecule has 0 radical (unpaired) electrons. The number of nitrogens with zero attached hydrogens (tertiary/aromatic N) is 8. The van der Waals surface area contributed by atoms with E-state index in [4.69, 9.17) is 55.3 Å². The number of carbonyl (C=O) groups excluding carboxylic acids is 1. The van der Waals surface area contributed by atoms with E-state index in [9.17, 15) is 24.0 Å². The molecule has 1 amide bonds. The van der Waals surface area contributed by atoms with Crippen LogP contribution in [0.1, 0.15) is 153 Å². The van der Waals surface area contributed by atoms with Crippen LogP contribution in [0.15, 0.2) is 260 Å². The first-order valence-electron chi connectivity index (χ1n) is 43.0. The Morgan fingerprint density at radius 3 is 1.05 bits per heavy atom. The van der Waals surface area contributed by atoms with Crippen molar-refractivity contribution in [2.75, 3.05) is 26.6 Å². The van der Waals surface area contributed by atoms with Gasteiger partial charge in [-0.1, -0.05) is 173 Å². The van der Waals surface area contributed by atoms with E-state index < -0.39 is 23.9 Å². The van der Waals surface area contributed by atoms with E-state index in [2.05, 4.69) is 108 Å². The summed E-state index contributed by atoms with van der Waals surface area (Å²) in [6, 6.07) is 68.1. The van der Waals surface area contributed by atoms with Crippen LogP contribution in [-0.4, -0.2) is 90.1 Å². The maximum Gasteiger partial charge on any atom is 0.335 e. The zero-order chi connectivity index (χ0) is 94.1. The molecular weight excluding hydrogens is 1740 g/mol. The molecule has 15 aromatic rings. The van der Waals surface area contributed by atoms with E-state index in [0.29, 0.717) is 48.4 Å². The van der Waals surface area contributed by atoms with E-state index in [-0.39, 0.29) is 30.7 Å². The van der Waals surface area contributed by atoms with Gasteiger partial charge >= 0.3 is 23.9 Å². The molecular formula is C107H97N13O9S4. The summed E-state index contributed by atoms with van der Waals surface area (Å²) in [5, 5.41) is 59.3. The molecule has 8 aromatic heterocycles. The number of hydrogen-bond donors (Lipinski definition) is 9. The number of carboxylic acids is 4. The maximum atomic E-state index is 11.9. The van der Waals surface area contributed by atoms with E-state index in [1.807, 2.05) is 237 Å². The van der Waals surface area contributed by atoms with Crippen molar-refractivity contribution in [1.82, 2.24) is 39.9 Å². The Balaban J connectivity index is 0.000000160. The number of hydrogen-bond acceptors (Lipinski definition) is 21. The molecule has 668 valence electrons. The molecule has 0 bridgehead atoms. The lowest BCUT2D eigenvalue weighted by Gasteiger charge is -2.15. The van der Waals surface area contributed by atoms with Gasteiger partial charge < -0.3 is 47.0 Å². The molecule has 0 aliphatic carbocycles. The van der Waals surface area contributed by atoms with Gasteiger partial charge in [0.2, 0.25) is 5.91 Å². The number of anilines is 9. The summed E-state index contributed by atoms with van der Waals surface area (Å²) in [5.74, 6) is 21.1. The predicted octanol–water partition coefficient (Wildman–Crippen LogP) is 23.6. The molecule has 0 unspecified atom stereocenters. The number of carbonyl (C=O) groups is 5. The van der Waals surface area contributed by atoms with Gasteiger partial charge in [-0.25, -0.2) is 44.7 Å². The van der Waals surface area contributed by atoms with Crippen LogP contribution in [0.4, 0.5) is 51.0 Å². The Bertz CT molecular complexity index is 6820. The number of aromatic carboxylic acids is 1. The first-order chi connectivity index (χ1) is 64.5. The largest absolute Gasteiger partial charge is 0.481 e. The Morgan fingerprint density at radius 2 is 0.692 bits per heavy atom. The summed E-state index contributed by atoms with van der Waals surface area (Å²) in [5.41, 5.74) is 19.2. The number of nitrogens with one attached hydrogen (secondary N) is 5. The Morgan fingerprint density at radius 1 is 0.361 bits per heavy atom. The minimum atomic E-state index is -0.974. The molecule has 0 fully saturated rings. The van der Waals surface area contributed by atoms with Gasteiger partial charge in [-0.15, -0.1) is 58.5 Å². The summed E-state index contributed by atoms with van der Waals surface area (Å²) in [7, 11) is 0.